The van der Waals surface area contributed by atoms with Crippen molar-refractivity contribution in [3.8, 4) is 5.88 Å². The second-order valence-electron chi connectivity index (χ2n) is 4.31. The van der Waals surface area contributed by atoms with E-state index in [0.29, 0.717) is 18.5 Å². The monoisotopic (exact) mass is 302 g/mol. The predicted octanol–water partition coefficient (Wildman–Crippen LogP) is 2.01. The van der Waals surface area contributed by atoms with E-state index in [1.54, 1.807) is 26.0 Å². The van der Waals surface area contributed by atoms with E-state index in [1.807, 2.05) is 0 Å². The number of pyridine rings is 1. The second-order valence-corrected chi connectivity index (χ2v) is 5.17. The van der Waals surface area contributed by atoms with Gasteiger partial charge in [0.25, 0.3) is 0 Å². The first-order valence-electron chi connectivity index (χ1n) is 5.13. The minimum absolute atomic E-state index is 0.159. The Labute approximate surface area is 108 Å². The highest BCUT2D eigenvalue weighted by Crippen LogP contribution is 2.22. The molecule has 0 spiro atoms. The molecule has 0 saturated carbocycles. The topological polar surface area (TPSA) is 85.4 Å². The Bertz CT molecular complexity index is 416. The number of hydrogen-bond acceptors (Lipinski definition) is 4. The van der Waals surface area contributed by atoms with Crippen molar-refractivity contribution in [3.05, 3.63) is 22.3 Å². The van der Waals surface area contributed by atoms with E-state index in [1.165, 1.54) is 0 Å². The van der Waals surface area contributed by atoms with Crippen LogP contribution in [0.2, 0.25) is 0 Å². The third-order valence-electron chi connectivity index (χ3n) is 2.07. The Kier molecular flexibility index (Phi) is 4.47. The first kappa shape index (κ1) is 13.9. The molecule has 1 amide bonds. The van der Waals surface area contributed by atoms with Crippen LogP contribution in [0.25, 0.3) is 0 Å². The van der Waals surface area contributed by atoms with Gasteiger partial charge in [0.1, 0.15) is 0 Å². The van der Waals surface area contributed by atoms with Crippen molar-refractivity contribution in [1.82, 2.24) is 4.98 Å². The van der Waals surface area contributed by atoms with Crippen molar-refractivity contribution in [2.75, 3.05) is 0 Å². The van der Waals surface area contributed by atoms with Crippen LogP contribution in [0.4, 0.5) is 4.79 Å². The summed E-state index contributed by atoms with van der Waals surface area (Å²) in [6.45, 7) is 3.45. The fourth-order valence-electron chi connectivity index (χ4n) is 1.22. The summed E-state index contributed by atoms with van der Waals surface area (Å²) in [6, 6.07) is 3.27. The SMILES string of the molecule is CC(C)(O)CCc1nc(OC(N)=O)ccc1Br. The van der Waals surface area contributed by atoms with Gasteiger partial charge in [-0.2, -0.15) is 0 Å². The molecule has 1 aromatic heterocycles. The summed E-state index contributed by atoms with van der Waals surface area (Å²) >= 11 is 3.35. The predicted molar refractivity (Wildman–Crippen MR) is 66.8 cm³/mol. The summed E-state index contributed by atoms with van der Waals surface area (Å²) < 4.78 is 5.49. The number of amides is 1. The summed E-state index contributed by atoms with van der Waals surface area (Å²) in [7, 11) is 0. The summed E-state index contributed by atoms with van der Waals surface area (Å²) in [6.07, 6.45) is 0.229. The van der Waals surface area contributed by atoms with Gasteiger partial charge in [-0.1, -0.05) is 0 Å². The first-order chi connectivity index (χ1) is 7.78. The lowest BCUT2D eigenvalue weighted by atomic mass is 10.0. The van der Waals surface area contributed by atoms with Crippen LogP contribution in [-0.4, -0.2) is 21.8 Å². The molecule has 94 valence electrons. The number of aromatic nitrogens is 1. The number of primary amides is 1. The summed E-state index contributed by atoms with van der Waals surface area (Å²) in [5.41, 5.74) is 4.85. The number of nitrogens with two attached hydrogens (primary N) is 1. The summed E-state index contributed by atoms with van der Waals surface area (Å²) in [5.74, 6) is 0.159. The van der Waals surface area contributed by atoms with Crippen LogP contribution in [-0.2, 0) is 6.42 Å². The van der Waals surface area contributed by atoms with Gasteiger partial charge >= 0.3 is 6.09 Å². The van der Waals surface area contributed by atoms with Crippen molar-refractivity contribution in [1.29, 1.82) is 0 Å². The van der Waals surface area contributed by atoms with Crippen molar-refractivity contribution < 1.29 is 14.6 Å². The van der Waals surface area contributed by atoms with Crippen LogP contribution in [0.1, 0.15) is 26.0 Å². The lowest BCUT2D eigenvalue weighted by molar-refractivity contribution is 0.0710. The number of ether oxygens (including phenoxy) is 1. The van der Waals surface area contributed by atoms with Crippen LogP contribution in [0.3, 0.4) is 0 Å². The molecule has 0 radical (unpaired) electrons. The molecule has 17 heavy (non-hydrogen) atoms. The van der Waals surface area contributed by atoms with Gasteiger partial charge < -0.3 is 15.6 Å². The zero-order valence-electron chi connectivity index (χ0n) is 9.74. The minimum atomic E-state index is -0.895. The lowest BCUT2D eigenvalue weighted by Crippen LogP contribution is -2.20. The number of aryl methyl sites for hydroxylation is 1. The Morgan fingerprint density at radius 1 is 1.59 bits per heavy atom. The van der Waals surface area contributed by atoms with E-state index < -0.39 is 11.7 Å². The molecule has 6 heteroatoms. The highest BCUT2D eigenvalue weighted by atomic mass is 79.9. The van der Waals surface area contributed by atoms with E-state index in [9.17, 15) is 9.90 Å². The van der Waals surface area contributed by atoms with Gasteiger partial charge in [-0.15, -0.1) is 0 Å². The Hall–Kier alpha value is -1.14. The third-order valence-corrected chi connectivity index (χ3v) is 2.79. The Balaban J connectivity index is 2.80. The van der Waals surface area contributed by atoms with Gasteiger partial charge in [-0.25, -0.2) is 9.78 Å². The fourth-order valence-corrected chi connectivity index (χ4v) is 1.64. The van der Waals surface area contributed by atoms with Crippen LogP contribution in [0.5, 0.6) is 5.88 Å². The van der Waals surface area contributed by atoms with Crippen molar-refractivity contribution in [2.24, 2.45) is 5.73 Å². The first-order valence-corrected chi connectivity index (χ1v) is 5.92. The third kappa shape index (κ3) is 5.14. The molecular weight excluding hydrogens is 288 g/mol. The molecule has 5 nitrogen and oxygen atoms in total. The van der Waals surface area contributed by atoms with Crippen molar-refractivity contribution in [2.45, 2.75) is 32.3 Å². The minimum Gasteiger partial charge on any atom is -0.391 e. The molecule has 0 unspecified atom stereocenters. The number of halogens is 1. The van der Waals surface area contributed by atoms with E-state index >= 15 is 0 Å². The Morgan fingerprint density at radius 2 is 2.24 bits per heavy atom. The van der Waals surface area contributed by atoms with Crippen LogP contribution in [0.15, 0.2) is 16.6 Å². The maximum absolute atomic E-state index is 10.6. The maximum atomic E-state index is 10.6. The van der Waals surface area contributed by atoms with Gasteiger partial charge in [0, 0.05) is 10.5 Å². The van der Waals surface area contributed by atoms with Crippen LogP contribution < -0.4 is 10.5 Å². The molecule has 1 aromatic rings. The van der Waals surface area contributed by atoms with Gasteiger partial charge in [0.05, 0.1) is 11.3 Å². The average molecular weight is 303 g/mol. The van der Waals surface area contributed by atoms with Crippen molar-refractivity contribution in [3.63, 3.8) is 0 Å². The van der Waals surface area contributed by atoms with E-state index in [4.69, 9.17) is 5.73 Å². The van der Waals surface area contributed by atoms with E-state index in [2.05, 4.69) is 25.7 Å². The number of nitrogens with zero attached hydrogens (tertiary/aromatic N) is 1. The second kappa shape index (κ2) is 5.46. The van der Waals surface area contributed by atoms with Gasteiger partial charge in [-0.3, -0.25) is 0 Å². The van der Waals surface area contributed by atoms with Gasteiger partial charge in [0.15, 0.2) is 0 Å². The maximum Gasteiger partial charge on any atom is 0.411 e. The van der Waals surface area contributed by atoms with E-state index in [-0.39, 0.29) is 5.88 Å². The highest BCUT2D eigenvalue weighted by molar-refractivity contribution is 9.10. The van der Waals surface area contributed by atoms with Gasteiger partial charge in [0.2, 0.25) is 5.88 Å². The van der Waals surface area contributed by atoms with E-state index in [0.717, 1.165) is 4.47 Å². The normalized spacial score (nSPS) is 11.3. The molecule has 0 fully saturated rings. The lowest BCUT2D eigenvalue weighted by Gasteiger charge is -2.16. The van der Waals surface area contributed by atoms with Crippen LogP contribution >= 0.6 is 15.9 Å². The number of carbonyl (C=O) groups excluding carboxylic acids is 1. The number of aliphatic hydroxyl groups is 1. The van der Waals surface area contributed by atoms with Crippen LogP contribution in [0, 0.1) is 0 Å². The molecule has 0 aliphatic heterocycles. The molecule has 0 bridgehead atoms. The largest absolute Gasteiger partial charge is 0.411 e. The summed E-state index contributed by atoms with van der Waals surface area (Å²) in [5, 5.41) is 9.64. The number of rotatable bonds is 4. The summed E-state index contributed by atoms with van der Waals surface area (Å²) in [4.78, 5) is 14.7. The zero-order valence-corrected chi connectivity index (χ0v) is 11.3. The molecule has 0 atom stereocenters. The molecule has 0 aliphatic rings. The smallest absolute Gasteiger partial charge is 0.391 e. The molecule has 3 N–H and O–H groups in total. The molecule has 1 rings (SSSR count). The molecule has 0 saturated heterocycles. The molecule has 0 aliphatic carbocycles. The van der Waals surface area contributed by atoms with Gasteiger partial charge in [-0.05, 0) is 48.7 Å². The average Bonchev–Trinajstić information content (AvgIpc) is 2.17. The molecular formula is C11H15BrN2O3. The molecule has 0 aromatic carbocycles. The highest BCUT2D eigenvalue weighted by Gasteiger charge is 2.14. The van der Waals surface area contributed by atoms with Crippen molar-refractivity contribution >= 4 is 22.0 Å². The number of carbonyl (C=O) groups is 1. The quantitative estimate of drug-likeness (QED) is 0.891. The zero-order chi connectivity index (χ0) is 13.1. The number of hydrogen-bond donors (Lipinski definition) is 2. The Morgan fingerprint density at radius 3 is 2.76 bits per heavy atom. The standard InChI is InChI=1S/C11H15BrN2O3/c1-11(2,16)6-5-8-7(12)3-4-9(14-8)17-10(13)15/h3-4,16H,5-6H2,1-2H3,(H2,13,15). The molecule has 1 heterocycles. The fraction of sp³-hybridized carbons (Fsp3) is 0.455.